The van der Waals surface area contributed by atoms with Crippen LogP contribution < -0.4 is 10.2 Å². The molecule has 0 spiro atoms. The van der Waals surface area contributed by atoms with Crippen molar-refractivity contribution in [3.8, 4) is 0 Å². The number of para-hydroxylation sites is 2. The van der Waals surface area contributed by atoms with Crippen molar-refractivity contribution >= 4 is 16.9 Å². The summed E-state index contributed by atoms with van der Waals surface area (Å²) < 4.78 is 0. The highest BCUT2D eigenvalue weighted by Gasteiger charge is 2.19. The van der Waals surface area contributed by atoms with Gasteiger partial charge in [0, 0.05) is 25.7 Å². The molecule has 18 heavy (non-hydrogen) atoms. The van der Waals surface area contributed by atoms with Crippen LogP contribution in [0.25, 0.3) is 11.0 Å². The number of hydrogen-bond acceptors (Lipinski definition) is 4. The molecule has 3 rings (SSSR count). The zero-order chi connectivity index (χ0) is 12.4. The Morgan fingerprint density at radius 2 is 2.17 bits per heavy atom. The van der Waals surface area contributed by atoms with Gasteiger partial charge in [0.2, 0.25) is 0 Å². The van der Waals surface area contributed by atoms with E-state index in [1.807, 2.05) is 30.5 Å². The second kappa shape index (κ2) is 4.90. The first-order valence-corrected chi connectivity index (χ1v) is 6.57. The summed E-state index contributed by atoms with van der Waals surface area (Å²) in [5, 5.41) is 3.52. The summed E-state index contributed by atoms with van der Waals surface area (Å²) in [6.07, 6.45) is 3.04. The van der Waals surface area contributed by atoms with E-state index in [1.165, 1.54) is 0 Å². The van der Waals surface area contributed by atoms with Crippen LogP contribution in [-0.4, -0.2) is 35.6 Å². The minimum Gasteiger partial charge on any atom is -0.352 e. The van der Waals surface area contributed by atoms with E-state index in [2.05, 4.69) is 22.1 Å². The number of hydrogen-bond donors (Lipinski definition) is 1. The van der Waals surface area contributed by atoms with Gasteiger partial charge in [-0.3, -0.25) is 4.98 Å². The third-order valence-electron chi connectivity index (χ3n) is 3.51. The van der Waals surface area contributed by atoms with E-state index < -0.39 is 0 Å². The Balaban J connectivity index is 1.89. The topological polar surface area (TPSA) is 41.1 Å². The smallest absolute Gasteiger partial charge is 0.147 e. The van der Waals surface area contributed by atoms with Crippen LogP contribution in [0.4, 0.5) is 5.82 Å². The largest absolute Gasteiger partial charge is 0.352 e. The molecule has 1 saturated heterocycles. The van der Waals surface area contributed by atoms with E-state index in [0.717, 1.165) is 42.9 Å². The van der Waals surface area contributed by atoms with E-state index >= 15 is 0 Å². The standard InChI is InChI=1S/C14H18N4/c1-2-11-10-18(8-7-15-11)14-9-16-12-5-3-4-6-13(12)17-14/h3-6,9,11,15H,2,7-8,10H2,1H3. The zero-order valence-corrected chi connectivity index (χ0v) is 10.6. The molecule has 4 heteroatoms. The minimum atomic E-state index is 0.562. The van der Waals surface area contributed by atoms with Crippen molar-refractivity contribution in [3.63, 3.8) is 0 Å². The number of aromatic nitrogens is 2. The molecule has 1 N–H and O–H groups in total. The lowest BCUT2D eigenvalue weighted by atomic mass is 10.1. The maximum Gasteiger partial charge on any atom is 0.147 e. The Labute approximate surface area is 107 Å². The highest BCUT2D eigenvalue weighted by molar-refractivity contribution is 5.75. The number of benzene rings is 1. The van der Waals surface area contributed by atoms with Crippen molar-refractivity contribution in [1.29, 1.82) is 0 Å². The fourth-order valence-electron chi connectivity index (χ4n) is 2.41. The summed E-state index contributed by atoms with van der Waals surface area (Å²) in [5.41, 5.74) is 1.94. The maximum atomic E-state index is 4.70. The molecule has 0 amide bonds. The van der Waals surface area contributed by atoms with Gasteiger partial charge in [0.05, 0.1) is 17.2 Å². The molecular formula is C14H18N4. The molecule has 1 unspecified atom stereocenters. The second-order valence-electron chi connectivity index (χ2n) is 4.72. The van der Waals surface area contributed by atoms with Crippen LogP contribution in [0.3, 0.4) is 0 Å². The van der Waals surface area contributed by atoms with E-state index in [1.54, 1.807) is 0 Å². The van der Waals surface area contributed by atoms with Crippen molar-refractivity contribution in [2.45, 2.75) is 19.4 Å². The number of piperazine rings is 1. The molecular weight excluding hydrogens is 224 g/mol. The quantitative estimate of drug-likeness (QED) is 0.872. The first-order valence-electron chi connectivity index (χ1n) is 6.57. The first-order chi connectivity index (χ1) is 8.86. The lowest BCUT2D eigenvalue weighted by Crippen LogP contribution is -2.50. The number of anilines is 1. The monoisotopic (exact) mass is 242 g/mol. The summed E-state index contributed by atoms with van der Waals surface area (Å²) in [6.45, 7) is 5.26. The van der Waals surface area contributed by atoms with Crippen molar-refractivity contribution in [3.05, 3.63) is 30.5 Å². The molecule has 94 valence electrons. The van der Waals surface area contributed by atoms with Crippen molar-refractivity contribution in [1.82, 2.24) is 15.3 Å². The lowest BCUT2D eigenvalue weighted by molar-refractivity contribution is 0.445. The Morgan fingerprint density at radius 3 is 3.00 bits per heavy atom. The maximum absolute atomic E-state index is 4.70. The van der Waals surface area contributed by atoms with Gasteiger partial charge >= 0.3 is 0 Å². The fourth-order valence-corrected chi connectivity index (χ4v) is 2.41. The Kier molecular flexibility index (Phi) is 3.11. The van der Waals surface area contributed by atoms with Crippen LogP contribution in [0.1, 0.15) is 13.3 Å². The molecule has 1 aliphatic heterocycles. The van der Waals surface area contributed by atoms with Gasteiger partial charge in [-0.2, -0.15) is 0 Å². The summed E-state index contributed by atoms with van der Waals surface area (Å²) in [6, 6.07) is 8.58. The molecule has 1 fully saturated rings. The molecule has 1 atom stereocenters. The highest BCUT2D eigenvalue weighted by Crippen LogP contribution is 2.17. The van der Waals surface area contributed by atoms with E-state index in [4.69, 9.17) is 4.98 Å². The van der Waals surface area contributed by atoms with Gasteiger partial charge in [-0.15, -0.1) is 0 Å². The van der Waals surface area contributed by atoms with Crippen LogP contribution in [0.2, 0.25) is 0 Å². The zero-order valence-electron chi connectivity index (χ0n) is 10.6. The van der Waals surface area contributed by atoms with Crippen LogP contribution in [0.15, 0.2) is 30.5 Å². The van der Waals surface area contributed by atoms with Gasteiger partial charge in [0.1, 0.15) is 5.82 Å². The van der Waals surface area contributed by atoms with Crippen LogP contribution in [0, 0.1) is 0 Å². The average Bonchev–Trinajstić information content (AvgIpc) is 2.47. The van der Waals surface area contributed by atoms with E-state index in [9.17, 15) is 0 Å². The minimum absolute atomic E-state index is 0.562. The molecule has 2 aromatic rings. The Bertz CT molecular complexity index is 540. The van der Waals surface area contributed by atoms with Crippen molar-refractivity contribution < 1.29 is 0 Å². The first kappa shape index (κ1) is 11.4. The predicted octanol–water partition coefficient (Wildman–Crippen LogP) is 1.82. The summed E-state index contributed by atoms with van der Waals surface area (Å²) in [4.78, 5) is 11.5. The van der Waals surface area contributed by atoms with Crippen LogP contribution in [0.5, 0.6) is 0 Å². The molecule has 1 aromatic carbocycles. The molecule has 1 aromatic heterocycles. The highest BCUT2D eigenvalue weighted by atomic mass is 15.2. The van der Waals surface area contributed by atoms with Gasteiger partial charge in [0.15, 0.2) is 0 Å². The SMILES string of the molecule is CCC1CN(c2cnc3ccccc3n2)CCN1. The lowest BCUT2D eigenvalue weighted by Gasteiger charge is -2.33. The predicted molar refractivity (Wildman–Crippen MR) is 73.8 cm³/mol. The van der Waals surface area contributed by atoms with Crippen LogP contribution in [-0.2, 0) is 0 Å². The number of rotatable bonds is 2. The Morgan fingerprint density at radius 1 is 1.33 bits per heavy atom. The molecule has 0 bridgehead atoms. The third-order valence-corrected chi connectivity index (χ3v) is 3.51. The molecule has 0 saturated carbocycles. The summed E-state index contributed by atoms with van der Waals surface area (Å²) in [7, 11) is 0. The summed E-state index contributed by atoms with van der Waals surface area (Å²) in [5.74, 6) is 0.994. The van der Waals surface area contributed by atoms with Gasteiger partial charge in [-0.05, 0) is 18.6 Å². The van der Waals surface area contributed by atoms with E-state index in [0.29, 0.717) is 6.04 Å². The van der Waals surface area contributed by atoms with Gasteiger partial charge in [0.25, 0.3) is 0 Å². The number of fused-ring (bicyclic) bond motifs is 1. The molecule has 1 aliphatic rings. The molecule has 0 aliphatic carbocycles. The second-order valence-corrected chi connectivity index (χ2v) is 4.72. The summed E-state index contributed by atoms with van der Waals surface area (Å²) >= 11 is 0. The Hall–Kier alpha value is -1.68. The van der Waals surface area contributed by atoms with E-state index in [-0.39, 0.29) is 0 Å². The average molecular weight is 242 g/mol. The van der Waals surface area contributed by atoms with Gasteiger partial charge in [-0.1, -0.05) is 19.1 Å². The molecule has 0 radical (unpaired) electrons. The van der Waals surface area contributed by atoms with Gasteiger partial charge in [-0.25, -0.2) is 4.98 Å². The van der Waals surface area contributed by atoms with Crippen molar-refractivity contribution in [2.24, 2.45) is 0 Å². The number of nitrogens with zero attached hydrogens (tertiary/aromatic N) is 3. The normalized spacial score (nSPS) is 20.3. The van der Waals surface area contributed by atoms with Crippen molar-refractivity contribution in [2.75, 3.05) is 24.5 Å². The van der Waals surface area contributed by atoms with Crippen LogP contribution >= 0.6 is 0 Å². The van der Waals surface area contributed by atoms with Gasteiger partial charge < -0.3 is 10.2 Å². The molecule has 2 heterocycles. The number of nitrogens with one attached hydrogen (secondary N) is 1. The fraction of sp³-hybridized carbons (Fsp3) is 0.429. The third kappa shape index (κ3) is 2.16. The molecule has 4 nitrogen and oxygen atoms in total.